The number of carbonyl (C=O) groups is 3. The van der Waals surface area contributed by atoms with Gasteiger partial charge in [0.2, 0.25) is 0 Å². The van der Waals surface area contributed by atoms with Crippen LogP contribution < -0.4 is 10.2 Å². The zero-order chi connectivity index (χ0) is 25.5. The molecule has 0 saturated carbocycles. The van der Waals surface area contributed by atoms with Crippen LogP contribution in [0, 0.1) is 10.1 Å². The number of rotatable bonds is 4. The number of carbonyl (C=O) groups excluding carboxylic acids is 3. The number of anilines is 1. The minimum atomic E-state index is -0.867. The summed E-state index contributed by atoms with van der Waals surface area (Å²) in [6.45, 7) is 6.12. The third-order valence-electron chi connectivity index (χ3n) is 5.43. The molecule has 4 amide bonds. The Balaban J connectivity index is 1.66. The number of barbiturate groups is 1. The van der Waals surface area contributed by atoms with Crippen molar-refractivity contribution in [1.29, 1.82) is 0 Å². The number of nitrogens with zero attached hydrogens (tertiary/aromatic N) is 2. The number of nitrogens with one attached hydrogen (secondary N) is 1. The van der Waals surface area contributed by atoms with Crippen LogP contribution in [0.4, 0.5) is 16.2 Å². The maximum absolute atomic E-state index is 13.1. The number of amides is 4. The van der Waals surface area contributed by atoms with Crippen molar-refractivity contribution in [3.8, 4) is 11.3 Å². The predicted molar refractivity (Wildman–Crippen MR) is 130 cm³/mol. The Morgan fingerprint density at radius 3 is 2.34 bits per heavy atom. The molecule has 1 aliphatic heterocycles. The standard InChI is InChI=1S/C25H20ClN3O6/c1-25(2,3)14-4-6-15(7-5-14)28-23(31)19(22(30)27-24(28)32)13-17-9-11-21(35-17)18-12-16(29(33)34)8-10-20(18)26/h4-13H,1-3H3,(H,27,30,32)/b19-13+. The first kappa shape index (κ1) is 23.9. The van der Waals surface area contributed by atoms with Crippen LogP contribution in [-0.4, -0.2) is 22.8 Å². The lowest BCUT2D eigenvalue weighted by Crippen LogP contribution is -2.54. The van der Waals surface area contributed by atoms with Gasteiger partial charge in [-0.15, -0.1) is 0 Å². The maximum atomic E-state index is 13.1. The molecule has 9 nitrogen and oxygen atoms in total. The molecule has 0 bridgehead atoms. The zero-order valence-corrected chi connectivity index (χ0v) is 19.8. The van der Waals surface area contributed by atoms with Crippen molar-refractivity contribution < 1.29 is 23.7 Å². The molecule has 10 heteroatoms. The molecule has 0 radical (unpaired) electrons. The molecule has 4 rings (SSSR count). The third-order valence-corrected chi connectivity index (χ3v) is 5.76. The van der Waals surface area contributed by atoms with Crippen molar-refractivity contribution >= 4 is 46.9 Å². The van der Waals surface area contributed by atoms with Crippen LogP contribution >= 0.6 is 11.6 Å². The number of benzene rings is 2. The second-order valence-electron chi connectivity index (χ2n) is 8.88. The van der Waals surface area contributed by atoms with Crippen molar-refractivity contribution in [3.63, 3.8) is 0 Å². The lowest BCUT2D eigenvalue weighted by atomic mass is 9.87. The summed E-state index contributed by atoms with van der Waals surface area (Å²) in [5.74, 6) is -1.35. The summed E-state index contributed by atoms with van der Waals surface area (Å²) in [6.07, 6.45) is 1.20. The number of furan rings is 1. The van der Waals surface area contributed by atoms with E-state index in [1.807, 2.05) is 32.9 Å². The quantitative estimate of drug-likeness (QED) is 0.222. The first-order valence-corrected chi connectivity index (χ1v) is 10.9. The van der Waals surface area contributed by atoms with Gasteiger partial charge in [0.05, 0.1) is 15.6 Å². The molecule has 1 aromatic heterocycles. The largest absolute Gasteiger partial charge is 0.457 e. The fourth-order valence-corrected chi connectivity index (χ4v) is 3.75. The third kappa shape index (κ3) is 4.71. The number of nitro benzene ring substituents is 1. The highest BCUT2D eigenvalue weighted by molar-refractivity contribution is 6.39. The average molecular weight is 494 g/mol. The fraction of sp³-hybridized carbons (Fsp3) is 0.160. The van der Waals surface area contributed by atoms with Crippen molar-refractivity contribution in [2.45, 2.75) is 26.2 Å². The Hall–Kier alpha value is -4.24. The van der Waals surface area contributed by atoms with Crippen molar-refractivity contribution in [2.75, 3.05) is 4.90 Å². The highest BCUT2D eigenvalue weighted by Crippen LogP contribution is 2.33. The minimum absolute atomic E-state index is 0.118. The molecule has 35 heavy (non-hydrogen) atoms. The fourth-order valence-electron chi connectivity index (χ4n) is 3.54. The van der Waals surface area contributed by atoms with Crippen LogP contribution in [0.25, 0.3) is 17.4 Å². The molecule has 3 aromatic rings. The molecule has 0 atom stereocenters. The summed E-state index contributed by atoms with van der Waals surface area (Å²) < 4.78 is 5.69. The Bertz CT molecular complexity index is 1400. The van der Waals surface area contributed by atoms with Crippen LogP contribution in [0.1, 0.15) is 32.1 Å². The molecule has 1 fully saturated rings. The van der Waals surface area contributed by atoms with E-state index in [0.29, 0.717) is 5.69 Å². The van der Waals surface area contributed by atoms with E-state index in [1.54, 1.807) is 12.1 Å². The summed E-state index contributed by atoms with van der Waals surface area (Å²) in [5, 5.41) is 13.5. The Kier molecular flexibility index (Phi) is 6.04. The number of non-ortho nitro benzene ring substituents is 1. The lowest BCUT2D eigenvalue weighted by molar-refractivity contribution is -0.384. The van der Waals surface area contributed by atoms with E-state index in [-0.39, 0.29) is 38.8 Å². The monoisotopic (exact) mass is 493 g/mol. The average Bonchev–Trinajstić information content (AvgIpc) is 3.25. The summed E-state index contributed by atoms with van der Waals surface area (Å²) in [6, 6.07) is 13.0. The van der Waals surface area contributed by atoms with Gasteiger partial charge in [-0.2, -0.15) is 0 Å². The van der Waals surface area contributed by atoms with Crippen molar-refractivity contribution in [3.05, 3.63) is 86.6 Å². The lowest BCUT2D eigenvalue weighted by Gasteiger charge is -2.27. The maximum Gasteiger partial charge on any atom is 0.335 e. The van der Waals surface area contributed by atoms with Crippen LogP contribution in [0.3, 0.4) is 0 Å². The number of halogens is 1. The summed E-state index contributed by atoms with van der Waals surface area (Å²) in [5.41, 5.74) is 1.00. The van der Waals surface area contributed by atoms with Gasteiger partial charge < -0.3 is 4.42 Å². The van der Waals surface area contributed by atoms with Gasteiger partial charge in [0.25, 0.3) is 17.5 Å². The topological polar surface area (TPSA) is 123 Å². The van der Waals surface area contributed by atoms with E-state index < -0.39 is 22.8 Å². The van der Waals surface area contributed by atoms with Crippen molar-refractivity contribution in [2.24, 2.45) is 0 Å². The zero-order valence-electron chi connectivity index (χ0n) is 19.0. The molecule has 1 saturated heterocycles. The van der Waals surface area contributed by atoms with Crippen molar-refractivity contribution in [1.82, 2.24) is 5.32 Å². The Labute approximate surface area is 205 Å². The minimum Gasteiger partial charge on any atom is -0.457 e. The predicted octanol–water partition coefficient (Wildman–Crippen LogP) is 5.47. The highest BCUT2D eigenvalue weighted by atomic mass is 35.5. The van der Waals surface area contributed by atoms with Gasteiger partial charge in [0, 0.05) is 17.7 Å². The van der Waals surface area contributed by atoms with Gasteiger partial charge in [-0.1, -0.05) is 44.5 Å². The molecule has 0 spiro atoms. The van der Waals surface area contributed by atoms with Gasteiger partial charge in [0.1, 0.15) is 17.1 Å². The van der Waals surface area contributed by atoms with Gasteiger partial charge in [-0.25, -0.2) is 9.69 Å². The molecule has 178 valence electrons. The molecule has 1 aliphatic rings. The van der Waals surface area contributed by atoms with E-state index in [9.17, 15) is 24.5 Å². The Morgan fingerprint density at radius 1 is 1.03 bits per heavy atom. The number of hydrogen-bond donors (Lipinski definition) is 1. The van der Waals surface area contributed by atoms with Crippen LogP contribution in [0.2, 0.25) is 5.02 Å². The molecular formula is C25H20ClN3O6. The first-order valence-electron chi connectivity index (χ1n) is 10.5. The van der Waals surface area contributed by atoms with Gasteiger partial charge >= 0.3 is 6.03 Å². The number of imide groups is 2. The summed E-state index contributed by atoms with van der Waals surface area (Å²) in [7, 11) is 0. The second kappa shape index (κ2) is 8.84. The molecule has 2 heterocycles. The smallest absolute Gasteiger partial charge is 0.335 e. The van der Waals surface area contributed by atoms with Gasteiger partial charge in [0.15, 0.2) is 0 Å². The molecule has 0 unspecified atom stereocenters. The normalized spacial score (nSPS) is 15.5. The van der Waals surface area contributed by atoms with E-state index in [2.05, 4.69) is 5.32 Å². The number of hydrogen-bond acceptors (Lipinski definition) is 6. The SMILES string of the molecule is CC(C)(C)c1ccc(N2C(=O)NC(=O)/C(=C\c3ccc(-c4cc([N+](=O)[O-])ccc4Cl)o3)C2=O)cc1. The van der Waals surface area contributed by atoms with Crippen LogP contribution in [-0.2, 0) is 15.0 Å². The highest BCUT2D eigenvalue weighted by Gasteiger charge is 2.37. The number of nitro groups is 1. The molecular weight excluding hydrogens is 474 g/mol. The number of urea groups is 1. The molecule has 2 aromatic carbocycles. The van der Waals surface area contributed by atoms with E-state index >= 15 is 0 Å². The summed E-state index contributed by atoms with van der Waals surface area (Å²) in [4.78, 5) is 49.4. The van der Waals surface area contributed by atoms with Crippen LogP contribution in [0.15, 0.2) is 64.6 Å². The van der Waals surface area contributed by atoms with E-state index in [0.717, 1.165) is 10.5 Å². The summed E-state index contributed by atoms with van der Waals surface area (Å²) >= 11 is 6.16. The van der Waals surface area contributed by atoms with Crippen LogP contribution in [0.5, 0.6) is 0 Å². The van der Waals surface area contributed by atoms with E-state index in [4.69, 9.17) is 16.0 Å². The van der Waals surface area contributed by atoms with E-state index in [1.165, 1.54) is 36.4 Å². The van der Waals surface area contributed by atoms with Gasteiger partial charge in [-0.3, -0.25) is 25.0 Å². The van der Waals surface area contributed by atoms with Gasteiger partial charge in [-0.05, 0) is 47.4 Å². The Morgan fingerprint density at radius 2 is 1.71 bits per heavy atom. The second-order valence-corrected chi connectivity index (χ2v) is 9.29. The molecule has 0 aliphatic carbocycles. The molecule has 1 N–H and O–H groups in total. The first-order chi connectivity index (χ1) is 16.5.